The maximum absolute atomic E-state index is 13.8. The zero-order valence-corrected chi connectivity index (χ0v) is 14.7. The van der Waals surface area contributed by atoms with Gasteiger partial charge in [0.25, 0.3) is 5.91 Å². The van der Waals surface area contributed by atoms with E-state index in [9.17, 15) is 9.18 Å². The van der Waals surface area contributed by atoms with Crippen molar-refractivity contribution in [2.24, 2.45) is 5.73 Å². The van der Waals surface area contributed by atoms with Gasteiger partial charge in [-0.3, -0.25) is 4.79 Å². The molecule has 132 valence electrons. The molecule has 2 N–H and O–H groups in total. The van der Waals surface area contributed by atoms with E-state index >= 15 is 0 Å². The summed E-state index contributed by atoms with van der Waals surface area (Å²) in [6, 6.07) is 13.1. The van der Waals surface area contributed by atoms with Crippen molar-refractivity contribution in [3.8, 4) is 0 Å². The van der Waals surface area contributed by atoms with Crippen LogP contribution in [0.3, 0.4) is 0 Å². The van der Waals surface area contributed by atoms with Crippen LogP contribution >= 0.6 is 0 Å². The first kappa shape index (κ1) is 17.6. The van der Waals surface area contributed by atoms with E-state index in [1.807, 2.05) is 35.2 Å². The van der Waals surface area contributed by atoms with E-state index in [0.717, 1.165) is 36.9 Å². The molecule has 3 nitrogen and oxygen atoms in total. The highest BCUT2D eigenvalue weighted by atomic mass is 19.1. The Labute approximate surface area is 148 Å². The van der Waals surface area contributed by atoms with Crippen molar-refractivity contribution in [1.29, 1.82) is 0 Å². The van der Waals surface area contributed by atoms with Gasteiger partial charge in [0, 0.05) is 24.7 Å². The molecule has 1 heterocycles. The highest BCUT2D eigenvalue weighted by molar-refractivity contribution is 5.95. The lowest BCUT2D eigenvalue weighted by Gasteiger charge is -2.22. The summed E-state index contributed by atoms with van der Waals surface area (Å²) >= 11 is 0. The van der Waals surface area contributed by atoms with Crippen LogP contribution in [0.15, 0.2) is 42.5 Å². The molecule has 0 radical (unpaired) electrons. The van der Waals surface area contributed by atoms with Crippen LogP contribution in [0.2, 0.25) is 0 Å². The third kappa shape index (κ3) is 4.26. The first-order chi connectivity index (χ1) is 12.0. The van der Waals surface area contributed by atoms with Gasteiger partial charge in [0.15, 0.2) is 0 Å². The number of nitrogens with two attached hydrogens (primary N) is 1. The molecule has 25 heavy (non-hydrogen) atoms. The molecule has 0 aromatic heterocycles. The summed E-state index contributed by atoms with van der Waals surface area (Å²) in [4.78, 5) is 14.9. The van der Waals surface area contributed by atoms with Crippen LogP contribution in [0.1, 0.15) is 46.3 Å². The summed E-state index contributed by atoms with van der Waals surface area (Å²) < 4.78 is 13.8. The highest BCUT2D eigenvalue weighted by Gasteiger charge is 2.21. The largest absolute Gasteiger partial charge is 0.339 e. The van der Waals surface area contributed by atoms with Gasteiger partial charge in [-0.15, -0.1) is 0 Å². The second-order valence-electron chi connectivity index (χ2n) is 6.90. The standard InChI is InChI=1S/C21H25FN2O/c1-15-8-9-16(14-20(15)22)13-17-5-2-3-7-19(17)21(25)24-11-4-6-18(23)10-12-24/h2-3,5,7-9,14,18H,4,6,10-13,23H2,1H3. The van der Waals surface area contributed by atoms with E-state index in [-0.39, 0.29) is 17.8 Å². The molecule has 0 saturated carbocycles. The number of rotatable bonds is 3. The molecular formula is C21H25FN2O. The molecule has 0 spiro atoms. The number of hydrogen-bond donors (Lipinski definition) is 1. The lowest BCUT2D eigenvalue weighted by molar-refractivity contribution is 0.0760. The third-order valence-electron chi connectivity index (χ3n) is 4.94. The van der Waals surface area contributed by atoms with E-state index in [1.54, 1.807) is 19.1 Å². The Morgan fingerprint density at radius 2 is 2.00 bits per heavy atom. The number of carbonyl (C=O) groups excluding carboxylic acids is 1. The second-order valence-corrected chi connectivity index (χ2v) is 6.90. The van der Waals surface area contributed by atoms with Crippen molar-refractivity contribution < 1.29 is 9.18 Å². The molecule has 2 aromatic carbocycles. The third-order valence-corrected chi connectivity index (χ3v) is 4.94. The Morgan fingerprint density at radius 3 is 2.80 bits per heavy atom. The van der Waals surface area contributed by atoms with Gasteiger partial charge in [0.2, 0.25) is 0 Å². The Balaban J connectivity index is 1.82. The molecule has 4 heteroatoms. The average molecular weight is 340 g/mol. The molecular weight excluding hydrogens is 315 g/mol. The van der Waals surface area contributed by atoms with Gasteiger partial charge < -0.3 is 10.6 Å². The smallest absolute Gasteiger partial charge is 0.254 e. The van der Waals surface area contributed by atoms with Crippen LogP contribution in [-0.4, -0.2) is 29.9 Å². The van der Waals surface area contributed by atoms with Gasteiger partial charge in [-0.05, 0) is 61.4 Å². The molecule has 1 fully saturated rings. The minimum absolute atomic E-state index is 0.0530. The Kier molecular flexibility index (Phi) is 5.49. The molecule has 0 aliphatic carbocycles. The van der Waals surface area contributed by atoms with Crippen LogP contribution in [0.4, 0.5) is 4.39 Å². The Hall–Kier alpha value is -2.20. The number of nitrogens with zero attached hydrogens (tertiary/aromatic N) is 1. The fourth-order valence-electron chi connectivity index (χ4n) is 3.34. The first-order valence-corrected chi connectivity index (χ1v) is 8.92. The van der Waals surface area contributed by atoms with Gasteiger partial charge >= 0.3 is 0 Å². The molecule has 1 amide bonds. The normalized spacial score (nSPS) is 18.0. The van der Waals surface area contributed by atoms with Crippen molar-refractivity contribution in [3.05, 3.63) is 70.5 Å². The molecule has 1 aliphatic heterocycles. The van der Waals surface area contributed by atoms with Gasteiger partial charge in [0.05, 0.1) is 0 Å². The summed E-state index contributed by atoms with van der Waals surface area (Å²) in [5.41, 5.74) is 9.17. The molecule has 1 atom stereocenters. The van der Waals surface area contributed by atoms with Crippen LogP contribution in [0.25, 0.3) is 0 Å². The van der Waals surface area contributed by atoms with Crippen molar-refractivity contribution >= 4 is 5.91 Å². The number of aryl methyl sites for hydroxylation is 1. The minimum Gasteiger partial charge on any atom is -0.339 e. The van der Waals surface area contributed by atoms with Crippen molar-refractivity contribution in [3.63, 3.8) is 0 Å². The van der Waals surface area contributed by atoms with E-state index in [2.05, 4.69) is 0 Å². The van der Waals surface area contributed by atoms with Crippen LogP contribution in [0, 0.1) is 12.7 Å². The molecule has 2 aromatic rings. The van der Waals surface area contributed by atoms with Crippen molar-refractivity contribution in [2.45, 2.75) is 38.6 Å². The Bertz CT molecular complexity index is 759. The quantitative estimate of drug-likeness (QED) is 0.926. The molecule has 3 rings (SSSR count). The monoisotopic (exact) mass is 340 g/mol. The summed E-state index contributed by atoms with van der Waals surface area (Å²) in [6.45, 7) is 3.20. The van der Waals surface area contributed by atoms with Crippen LogP contribution in [-0.2, 0) is 6.42 Å². The average Bonchev–Trinajstić information content (AvgIpc) is 2.83. The predicted octanol–water partition coefficient (Wildman–Crippen LogP) is 3.68. The van der Waals surface area contributed by atoms with Gasteiger partial charge in [-0.1, -0.05) is 30.3 Å². The molecule has 0 bridgehead atoms. The van der Waals surface area contributed by atoms with Crippen LogP contribution < -0.4 is 5.73 Å². The summed E-state index contributed by atoms with van der Waals surface area (Å²) in [7, 11) is 0. The van der Waals surface area contributed by atoms with Crippen molar-refractivity contribution in [2.75, 3.05) is 13.1 Å². The van der Waals surface area contributed by atoms with Crippen LogP contribution in [0.5, 0.6) is 0 Å². The zero-order chi connectivity index (χ0) is 17.8. The van der Waals surface area contributed by atoms with E-state index in [0.29, 0.717) is 24.1 Å². The SMILES string of the molecule is Cc1ccc(Cc2ccccc2C(=O)N2CCCC(N)CC2)cc1F. The highest BCUT2D eigenvalue weighted by Crippen LogP contribution is 2.20. The number of halogens is 1. The van der Waals surface area contributed by atoms with E-state index in [4.69, 9.17) is 5.73 Å². The maximum Gasteiger partial charge on any atom is 0.254 e. The van der Waals surface area contributed by atoms with Crippen molar-refractivity contribution in [1.82, 2.24) is 4.90 Å². The predicted molar refractivity (Wildman–Crippen MR) is 98.1 cm³/mol. The minimum atomic E-state index is -0.206. The summed E-state index contributed by atoms with van der Waals surface area (Å²) in [5, 5.41) is 0. The second kappa shape index (κ2) is 7.79. The van der Waals surface area contributed by atoms with Gasteiger partial charge in [0.1, 0.15) is 5.82 Å². The van der Waals surface area contributed by atoms with Gasteiger partial charge in [-0.25, -0.2) is 4.39 Å². The molecule has 1 saturated heterocycles. The molecule has 1 unspecified atom stereocenters. The lowest BCUT2D eigenvalue weighted by atomic mass is 9.98. The van der Waals surface area contributed by atoms with Gasteiger partial charge in [-0.2, -0.15) is 0 Å². The Morgan fingerprint density at radius 1 is 1.20 bits per heavy atom. The number of benzene rings is 2. The fraction of sp³-hybridized carbons (Fsp3) is 0.381. The fourth-order valence-corrected chi connectivity index (χ4v) is 3.34. The van der Waals surface area contributed by atoms with E-state index in [1.165, 1.54) is 0 Å². The number of hydrogen-bond acceptors (Lipinski definition) is 2. The number of amides is 1. The summed E-state index contributed by atoms with van der Waals surface area (Å²) in [6.07, 6.45) is 3.30. The topological polar surface area (TPSA) is 46.3 Å². The van der Waals surface area contributed by atoms with E-state index < -0.39 is 0 Å². The zero-order valence-electron chi connectivity index (χ0n) is 14.7. The number of carbonyl (C=O) groups is 1. The molecule has 1 aliphatic rings. The lowest BCUT2D eigenvalue weighted by Crippen LogP contribution is -2.33. The number of likely N-dealkylation sites (tertiary alicyclic amines) is 1. The first-order valence-electron chi connectivity index (χ1n) is 8.92. The maximum atomic E-state index is 13.8. The summed E-state index contributed by atoms with van der Waals surface area (Å²) in [5.74, 6) is -0.153.